The Labute approximate surface area is 121 Å². The first-order chi connectivity index (χ1) is 9.69. The van der Waals surface area contributed by atoms with Gasteiger partial charge in [0.15, 0.2) is 0 Å². The molecule has 1 amide bonds. The summed E-state index contributed by atoms with van der Waals surface area (Å²) in [6, 6.07) is 8.56. The van der Waals surface area contributed by atoms with Crippen molar-refractivity contribution < 1.29 is 4.79 Å². The molecule has 2 heterocycles. The second-order valence-corrected chi connectivity index (χ2v) is 6.25. The first kappa shape index (κ1) is 13.5. The van der Waals surface area contributed by atoms with E-state index in [0.29, 0.717) is 11.8 Å². The third kappa shape index (κ3) is 2.41. The standard InChI is InChI=1S/C17H24N2O/c1-3-13-8-9-19(11-13)17(20)15-10-14-6-4-5-7-16(14)18-12(15)2/h4-7,12-13,15,18H,3,8-11H2,1-2H3. The van der Waals surface area contributed by atoms with Gasteiger partial charge in [0.25, 0.3) is 0 Å². The molecule has 0 radical (unpaired) electrons. The number of carbonyl (C=O) groups is 1. The van der Waals surface area contributed by atoms with Gasteiger partial charge in [0.1, 0.15) is 0 Å². The van der Waals surface area contributed by atoms with Crippen molar-refractivity contribution in [1.29, 1.82) is 0 Å². The van der Waals surface area contributed by atoms with Gasteiger partial charge >= 0.3 is 0 Å². The molecular weight excluding hydrogens is 248 g/mol. The van der Waals surface area contributed by atoms with Gasteiger partial charge in [-0.15, -0.1) is 0 Å². The molecule has 3 atom stereocenters. The number of likely N-dealkylation sites (tertiary alicyclic amines) is 1. The lowest BCUT2D eigenvalue weighted by Gasteiger charge is -2.34. The van der Waals surface area contributed by atoms with Crippen LogP contribution in [0.3, 0.4) is 0 Å². The summed E-state index contributed by atoms with van der Waals surface area (Å²) >= 11 is 0. The van der Waals surface area contributed by atoms with Crippen molar-refractivity contribution in [2.75, 3.05) is 18.4 Å². The van der Waals surface area contributed by atoms with E-state index in [-0.39, 0.29) is 12.0 Å². The Morgan fingerprint density at radius 1 is 1.40 bits per heavy atom. The first-order valence-corrected chi connectivity index (χ1v) is 7.82. The molecule has 108 valence electrons. The fourth-order valence-electron chi connectivity index (χ4n) is 3.50. The number of amides is 1. The Morgan fingerprint density at radius 2 is 2.20 bits per heavy atom. The van der Waals surface area contributed by atoms with E-state index in [0.717, 1.165) is 19.5 Å². The van der Waals surface area contributed by atoms with Crippen molar-refractivity contribution in [3.8, 4) is 0 Å². The minimum absolute atomic E-state index is 0.0838. The van der Waals surface area contributed by atoms with Crippen molar-refractivity contribution in [2.24, 2.45) is 11.8 Å². The summed E-state index contributed by atoms with van der Waals surface area (Å²) in [7, 11) is 0. The van der Waals surface area contributed by atoms with Crippen LogP contribution in [0.5, 0.6) is 0 Å². The molecular formula is C17H24N2O. The Bertz CT molecular complexity index is 500. The topological polar surface area (TPSA) is 32.3 Å². The van der Waals surface area contributed by atoms with Crippen molar-refractivity contribution in [1.82, 2.24) is 4.90 Å². The molecule has 3 nitrogen and oxygen atoms in total. The van der Waals surface area contributed by atoms with Crippen LogP contribution < -0.4 is 5.32 Å². The van der Waals surface area contributed by atoms with Crippen LogP contribution in [-0.4, -0.2) is 29.9 Å². The van der Waals surface area contributed by atoms with Gasteiger partial charge in [-0.1, -0.05) is 31.5 Å². The Hall–Kier alpha value is -1.51. The number of nitrogens with zero attached hydrogens (tertiary/aromatic N) is 1. The third-order valence-corrected chi connectivity index (χ3v) is 4.94. The molecule has 1 fully saturated rings. The molecule has 2 aliphatic rings. The summed E-state index contributed by atoms with van der Waals surface area (Å²) in [5.74, 6) is 1.13. The van der Waals surface area contributed by atoms with Crippen LogP contribution in [0.25, 0.3) is 0 Å². The monoisotopic (exact) mass is 272 g/mol. The quantitative estimate of drug-likeness (QED) is 0.898. The largest absolute Gasteiger partial charge is 0.382 e. The second-order valence-electron chi connectivity index (χ2n) is 6.25. The summed E-state index contributed by atoms with van der Waals surface area (Å²) in [5.41, 5.74) is 2.46. The number of hydrogen-bond acceptors (Lipinski definition) is 2. The van der Waals surface area contributed by atoms with Gasteiger partial charge in [0.05, 0.1) is 5.92 Å². The second kappa shape index (κ2) is 5.47. The van der Waals surface area contributed by atoms with Gasteiger partial charge in [-0.05, 0) is 37.3 Å². The molecule has 0 saturated carbocycles. The molecule has 1 saturated heterocycles. The average Bonchev–Trinajstić information content (AvgIpc) is 2.94. The van der Waals surface area contributed by atoms with Gasteiger partial charge in [0.2, 0.25) is 5.91 Å². The number of carbonyl (C=O) groups excluding carboxylic acids is 1. The van der Waals surface area contributed by atoms with Crippen molar-refractivity contribution in [2.45, 2.75) is 39.2 Å². The molecule has 3 rings (SSSR count). The fraction of sp³-hybridized carbons (Fsp3) is 0.588. The highest BCUT2D eigenvalue weighted by Crippen LogP contribution is 2.31. The number of fused-ring (bicyclic) bond motifs is 1. The zero-order valence-corrected chi connectivity index (χ0v) is 12.4. The third-order valence-electron chi connectivity index (χ3n) is 4.94. The van der Waals surface area contributed by atoms with Crippen LogP contribution in [0.4, 0.5) is 5.69 Å². The maximum Gasteiger partial charge on any atom is 0.228 e. The molecule has 3 unspecified atom stereocenters. The molecule has 3 heteroatoms. The van der Waals surface area contributed by atoms with Crippen molar-refractivity contribution in [3.05, 3.63) is 29.8 Å². The lowest BCUT2D eigenvalue weighted by atomic mass is 9.87. The van der Waals surface area contributed by atoms with Gasteiger partial charge < -0.3 is 10.2 Å². The zero-order valence-electron chi connectivity index (χ0n) is 12.4. The maximum atomic E-state index is 12.8. The number of para-hydroxylation sites is 1. The van der Waals surface area contributed by atoms with Gasteiger partial charge in [-0.25, -0.2) is 0 Å². The molecule has 0 bridgehead atoms. The molecule has 1 aromatic rings. The minimum atomic E-state index is 0.0838. The van der Waals surface area contributed by atoms with Gasteiger partial charge in [0, 0.05) is 24.8 Å². The van der Waals surface area contributed by atoms with Crippen LogP contribution in [0.1, 0.15) is 32.3 Å². The van der Waals surface area contributed by atoms with Crippen LogP contribution in [0.2, 0.25) is 0 Å². The highest BCUT2D eigenvalue weighted by Gasteiger charge is 2.35. The number of rotatable bonds is 2. The smallest absolute Gasteiger partial charge is 0.228 e. The zero-order chi connectivity index (χ0) is 14.1. The highest BCUT2D eigenvalue weighted by atomic mass is 16.2. The fourth-order valence-corrected chi connectivity index (χ4v) is 3.50. The Morgan fingerprint density at radius 3 is 2.95 bits per heavy atom. The lowest BCUT2D eigenvalue weighted by molar-refractivity contribution is -0.135. The van der Waals surface area contributed by atoms with Crippen LogP contribution in [0.15, 0.2) is 24.3 Å². The summed E-state index contributed by atoms with van der Waals surface area (Å²) in [6.07, 6.45) is 3.23. The number of anilines is 1. The van der Waals surface area contributed by atoms with Crippen LogP contribution in [0, 0.1) is 11.8 Å². The summed E-state index contributed by atoms with van der Waals surface area (Å²) < 4.78 is 0. The normalized spacial score (nSPS) is 28.9. The number of hydrogen-bond donors (Lipinski definition) is 1. The molecule has 0 aliphatic carbocycles. The van der Waals surface area contributed by atoms with E-state index < -0.39 is 0 Å². The maximum absolute atomic E-state index is 12.8. The minimum Gasteiger partial charge on any atom is -0.382 e. The van der Waals surface area contributed by atoms with E-state index in [1.54, 1.807) is 0 Å². The van der Waals surface area contributed by atoms with E-state index in [4.69, 9.17) is 0 Å². The molecule has 0 aromatic heterocycles. The molecule has 1 N–H and O–H groups in total. The predicted octanol–water partition coefficient (Wildman–Crippen LogP) is 2.92. The van der Waals surface area contributed by atoms with E-state index in [9.17, 15) is 4.79 Å². The summed E-state index contributed by atoms with van der Waals surface area (Å²) in [4.78, 5) is 14.9. The number of nitrogens with one attached hydrogen (secondary N) is 1. The van der Waals surface area contributed by atoms with E-state index in [1.165, 1.54) is 24.1 Å². The molecule has 2 aliphatic heterocycles. The van der Waals surface area contributed by atoms with Crippen molar-refractivity contribution in [3.63, 3.8) is 0 Å². The van der Waals surface area contributed by atoms with Gasteiger partial charge in [-0.3, -0.25) is 4.79 Å². The van der Waals surface area contributed by atoms with Crippen LogP contribution in [-0.2, 0) is 11.2 Å². The van der Waals surface area contributed by atoms with Gasteiger partial charge in [-0.2, -0.15) is 0 Å². The predicted molar refractivity (Wildman–Crippen MR) is 81.7 cm³/mol. The van der Waals surface area contributed by atoms with E-state index in [1.807, 2.05) is 6.07 Å². The average molecular weight is 272 g/mol. The Balaban J connectivity index is 1.73. The SMILES string of the molecule is CCC1CCN(C(=O)C2Cc3ccccc3NC2C)C1. The van der Waals surface area contributed by atoms with E-state index in [2.05, 4.69) is 42.3 Å². The van der Waals surface area contributed by atoms with E-state index >= 15 is 0 Å². The Kier molecular flexibility index (Phi) is 3.68. The summed E-state index contributed by atoms with van der Waals surface area (Å²) in [5, 5.41) is 3.49. The first-order valence-electron chi connectivity index (χ1n) is 7.82. The van der Waals surface area contributed by atoms with Crippen molar-refractivity contribution >= 4 is 11.6 Å². The van der Waals surface area contributed by atoms with Crippen LogP contribution >= 0.6 is 0 Å². The summed E-state index contributed by atoms with van der Waals surface area (Å²) in [6.45, 7) is 6.26. The molecule has 20 heavy (non-hydrogen) atoms. The number of benzene rings is 1. The highest BCUT2D eigenvalue weighted by molar-refractivity contribution is 5.82. The molecule has 1 aromatic carbocycles. The lowest BCUT2D eigenvalue weighted by Crippen LogP contribution is -2.44. The molecule has 0 spiro atoms.